The summed E-state index contributed by atoms with van der Waals surface area (Å²) >= 11 is 0. The number of carbonyl (C=O) groups excluding carboxylic acids is 3. The Morgan fingerprint density at radius 1 is 1.22 bits per heavy atom. The van der Waals surface area contributed by atoms with Crippen molar-refractivity contribution in [3.8, 4) is 6.07 Å². The zero-order valence-corrected chi connectivity index (χ0v) is 20.0. The van der Waals surface area contributed by atoms with Gasteiger partial charge in [-0.25, -0.2) is 4.79 Å². The number of amides is 3. The summed E-state index contributed by atoms with van der Waals surface area (Å²) in [6, 6.07) is 6.87. The number of alkyl carbamates (subject to hydrolysis) is 1. The van der Waals surface area contributed by atoms with Crippen molar-refractivity contribution in [3.05, 3.63) is 42.0 Å². The largest absolute Gasteiger partial charge is 0.444 e. The van der Waals surface area contributed by atoms with Crippen LogP contribution < -0.4 is 10.6 Å². The number of hydrogen-bond acceptors (Lipinski definition) is 5. The lowest BCUT2D eigenvalue weighted by atomic mass is 9.99. The number of hydrogen-bond donors (Lipinski definition) is 2. The van der Waals surface area contributed by atoms with E-state index in [1.807, 2.05) is 32.9 Å². The van der Waals surface area contributed by atoms with E-state index < -0.39 is 41.1 Å². The third-order valence-electron chi connectivity index (χ3n) is 4.15. The zero-order chi connectivity index (χ0) is 24.7. The summed E-state index contributed by atoms with van der Waals surface area (Å²) < 4.78 is 5.21. The zero-order valence-electron chi connectivity index (χ0n) is 20.0. The van der Waals surface area contributed by atoms with E-state index in [9.17, 15) is 19.6 Å². The summed E-state index contributed by atoms with van der Waals surface area (Å²) in [4.78, 5) is 39.8. The molecule has 0 aliphatic heterocycles. The third-order valence-corrected chi connectivity index (χ3v) is 4.15. The van der Waals surface area contributed by atoms with Crippen LogP contribution in [0.25, 0.3) is 6.08 Å². The number of nitrogens with one attached hydrogen (secondary N) is 2. The van der Waals surface area contributed by atoms with Crippen LogP contribution in [0.1, 0.15) is 65.6 Å². The molecule has 174 valence electrons. The Morgan fingerprint density at radius 3 is 2.34 bits per heavy atom. The Morgan fingerprint density at radius 2 is 1.84 bits per heavy atom. The van der Waals surface area contributed by atoms with Crippen molar-refractivity contribution in [1.82, 2.24) is 15.5 Å². The lowest BCUT2D eigenvalue weighted by Gasteiger charge is -2.34. The van der Waals surface area contributed by atoms with E-state index in [1.165, 1.54) is 6.92 Å². The fourth-order valence-electron chi connectivity index (χ4n) is 2.93. The van der Waals surface area contributed by atoms with Crippen LogP contribution in [0.3, 0.4) is 0 Å². The predicted octanol–water partition coefficient (Wildman–Crippen LogP) is 3.55. The summed E-state index contributed by atoms with van der Waals surface area (Å²) in [5.74, 6) is -1.03. The highest BCUT2D eigenvalue weighted by molar-refractivity contribution is 5.92. The Bertz CT molecular complexity index is 890. The van der Waals surface area contributed by atoms with Crippen molar-refractivity contribution in [1.29, 1.82) is 5.26 Å². The normalized spacial score (nSPS) is 13.2. The maximum Gasteiger partial charge on any atom is 0.408 e. The second-order valence-electron chi connectivity index (χ2n) is 9.51. The van der Waals surface area contributed by atoms with Crippen LogP contribution >= 0.6 is 0 Å². The molecule has 0 fully saturated rings. The average molecular weight is 443 g/mol. The highest BCUT2D eigenvalue weighted by Gasteiger charge is 2.36. The summed E-state index contributed by atoms with van der Waals surface area (Å²) in [5, 5.41) is 14.8. The van der Waals surface area contributed by atoms with Gasteiger partial charge in [-0.05, 0) is 65.7 Å². The molecule has 1 rings (SSSR count). The number of nitriles is 1. The molecule has 2 atom stereocenters. The fourth-order valence-corrected chi connectivity index (χ4v) is 2.93. The van der Waals surface area contributed by atoms with Crippen molar-refractivity contribution >= 4 is 24.0 Å². The fraction of sp³-hybridized carbons (Fsp3) is 0.500. The lowest BCUT2D eigenvalue weighted by molar-refractivity contribution is -0.142. The van der Waals surface area contributed by atoms with Crippen molar-refractivity contribution in [2.45, 2.75) is 71.7 Å². The first-order valence-corrected chi connectivity index (χ1v) is 10.4. The molecular weight excluding hydrogens is 408 g/mol. The molecule has 8 nitrogen and oxygen atoms in total. The van der Waals surface area contributed by atoms with E-state index in [-0.39, 0.29) is 6.54 Å². The van der Waals surface area contributed by atoms with Crippen LogP contribution in [0, 0.1) is 11.3 Å². The summed E-state index contributed by atoms with van der Waals surface area (Å²) in [5.41, 5.74) is -0.00963. The van der Waals surface area contributed by atoms with E-state index in [4.69, 9.17) is 4.74 Å². The minimum atomic E-state index is -1.08. The molecule has 0 aromatic heterocycles. The standard InChI is InChI=1S/C24H34N4O4/c1-9-17-11-10-12-18(15-17)19(20(29)27-23(3,4)5)28(14-13-25)21(30)16(2)26-22(31)32-24(6,7)8/h9-12,15-16,19H,1,14H2,2-8H3,(H,26,31)(H,27,29). The quantitative estimate of drug-likeness (QED) is 0.627. The van der Waals surface area contributed by atoms with Crippen molar-refractivity contribution in [3.63, 3.8) is 0 Å². The molecule has 2 N–H and O–H groups in total. The second kappa shape index (κ2) is 10.8. The van der Waals surface area contributed by atoms with E-state index >= 15 is 0 Å². The molecule has 0 aliphatic rings. The minimum Gasteiger partial charge on any atom is -0.444 e. The van der Waals surface area contributed by atoms with Gasteiger partial charge in [0, 0.05) is 5.54 Å². The van der Waals surface area contributed by atoms with Crippen LogP contribution in [0.4, 0.5) is 4.79 Å². The van der Waals surface area contributed by atoms with Gasteiger partial charge in [-0.3, -0.25) is 9.59 Å². The van der Waals surface area contributed by atoms with Gasteiger partial charge in [-0.2, -0.15) is 5.26 Å². The average Bonchev–Trinajstić information content (AvgIpc) is 2.64. The number of ether oxygens (including phenoxy) is 1. The van der Waals surface area contributed by atoms with Crippen LogP contribution in [0.2, 0.25) is 0 Å². The predicted molar refractivity (Wildman–Crippen MR) is 123 cm³/mol. The number of nitrogens with zero attached hydrogens (tertiary/aromatic N) is 2. The minimum absolute atomic E-state index is 0.348. The van der Waals surface area contributed by atoms with Gasteiger partial charge in [-0.1, -0.05) is 30.9 Å². The van der Waals surface area contributed by atoms with Crippen molar-refractivity contribution in [2.75, 3.05) is 6.54 Å². The van der Waals surface area contributed by atoms with Gasteiger partial charge in [0.1, 0.15) is 24.2 Å². The van der Waals surface area contributed by atoms with Crippen molar-refractivity contribution in [2.24, 2.45) is 0 Å². The molecule has 0 aliphatic carbocycles. The molecule has 0 heterocycles. The molecule has 0 bridgehead atoms. The Kier molecular flexibility index (Phi) is 9.01. The van der Waals surface area contributed by atoms with Crippen LogP contribution in [-0.2, 0) is 14.3 Å². The highest BCUT2D eigenvalue weighted by atomic mass is 16.6. The maximum atomic E-state index is 13.3. The van der Waals surface area contributed by atoms with E-state index in [0.717, 1.165) is 10.5 Å². The molecule has 0 saturated carbocycles. The van der Waals surface area contributed by atoms with Gasteiger partial charge < -0.3 is 20.3 Å². The van der Waals surface area contributed by atoms with Crippen LogP contribution in [0.15, 0.2) is 30.8 Å². The molecular formula is C24H34N4O4. The number of rotatable bonds is 7. The van der Waals surface area contributed by atoms with Gasteiger partial charge in [0.15, 0.2) is 0 Å². The third kappa shape index (κ3) is 8.42. The Labute approximate surface area is 190 Å². The Balaban J connectivity index is 3.35. The lowest BCUT2D eigenvalue weighted by Crippen LogP contribution is -2.54. The smallest absolute Gasteiger partial charge is 0.408 e. The van der Waals surface area contributed by atoms with Crippen molar-refractivity contribution < 1.29 is 19.1 Å². The first-order chi connectivity index (χ1) is 14.7. The molecule has 32 heavy (non-hydrogen) atoms. The van der Waals surface area contributed by atoms with Gasteiger partial charge in [-0.15, -0.1) is 0 Å². The first-order valence-electron chi connectivity index (χ1n) is 10.4. The summed E-state index contributed by atoms with van der Waals surface area (Å²) in [6.07, 6.45) is 0.866. The van der Waals surface area contributed by atoms with Crippen LogP contribution in [-0.4, -0.2) is 46.5 Å². The van der Waals surface area contributed by atoms with E-state index in [2.05, 4.69) is 17.2 Å². The van der Waals surface area contributed by atoms with Gasteiger partial charge in [0.25, 0.3) is 0 Å². The molecule has 0 spiro atoms. The topological polar surface area (TPSA) is 112 Å². The summed E-state index contributed by atoms with van der Waals surface area (Å²) in [6.45, 7) is 15.5. The highest BCUT2D eigenvalue weighted by Crippen LogP contribution is 2.24. The van der Waals surface area contributed by atoms with Gasteiger partial charge in [0.2, 0.25) is 11.8 Å². The molecule has 8 heteroatoms. The molecule has 1 aromatic carbocycles. The first kappa shape index (κ1) is 26.7. The molecule has 2 unspecified atom stereocenters. The van der Waals surface area contributed by atoms with Gasteiger partial charge in [0.05, 0.1) is 6.07 Å². The SMILES string of the molecule is C=Cc1cccc(C(C(=O)NC(C)(C)C)N(CC#N)C(=O)C(C)NC(=O)OC(C)(C)C)c1. The monoisotopic (exact) mass is 442 g/mol. The Hall–Kier alpha value is -3.34. The molecule has 0 saturated heterocycles. The van der Waals surface area contributed by atoms with E-state index in [1.54, 1.807) is 45.0 Å². The number of carbonyl (C=O) groups is 3. The van der Waals surface area contributed by atoms with E-state index in [0.29, 0.717) is 5.56 Å². The van der Waals surface area contributed by atoms with Crippen LogP contribution in [0.5, 0.6) is 0 Å². The maximum absolute atomic E-state index is 13.3. The van der Waals surface area contributed by atoms with Gasteiger partial charge >= 0.3 is 6.09 Å². The second-order valence-corrected chi connectivity index (χ2v) is 9.51. The number of benzene rings is 1. The molecule has 0 radical (unpaired) electrons. The molecule has 3 amide bonds. The summed E-state index contributed by atoms with van der Waals surface area (Å²) in [7, 11) is 0. The molecule has 1 aromatic rings.